The average Bonchev–Trinajstić information content (AvgIpc) is 3.25. The van der Waals surface area contributed by atoms with Crippen molar-refractivity contribution >= 4 is 44.9 Å². The Morgan fingerprint density at radius 3 is 2.48 bits per heavy atom. The number of aliphatic carboxylic acids is 1. The molecule has 0 aliphatic carbocycles. The van der Waals surface area contributed by atoms with Crippen LogP contribution in [0.25, 0.3) is 26.6 Å². The molecular formula is C21H14ClFN2O5S. The fourth-order valence-corrected chi connectivity index (χ4v) is 4.46. The fourth-order valence-electron chi connectivity index (χ4n) is 3.21. The zero-order valence-corrected chi connectivity index (χ0v) is 17.2. The van der Waals surface area contributed by atoms with Gasteiger partial charge in [-0.25, -0.2) is 9.37 Å². The van der Waals surface area contributed by atoms with Gasteiger partial charge in [0.05, 0.1) is 27.9 Å². The Bertz CT molecular complexity index is 1330. The van der Waals surface area contributed by atoms with Crippen molar-refractivity contribution in [1.82, 2.24) is 9.55 Å². The van der Waals surface area contributed by atoms with E-state index in [4.69, 9.17) is 16.7 Å². The number of hydrogen-bond acceptors (Lipinski definition) is 6. The molecule has 0 amide bonds. The van der Waals surface area contributed by atoms with E-state index in [1.54, 1.807) is 18.2 Å². The molecule has 4 rings (SSSR count). The zero-order valence-electron chi connectivity index (χ0n) is 15.7. The van der Waals surface area contributed by atoms with E-state index in [0.717, 1.165) is 11.3 Å². The summed E-state index contributed by atoms with van der Waals surface area (Å²) in [7, 11) is 0. The van der Waals surface area contributed by atoms with Crippen LogP contribution < -0.4 is 0 Å². The van der Waals surface area contributed by atoms with Gasteiger partial charge in [0.25, 0.3) is 0 Å². The van der Waals surface area contributed by atoms with Crippen molar-refractivity contribution in [3.8, 4) is 28.0 Å². The lowest BCUT2D eigenvalue weighted by Crippen LogP contribution is -2.06. The third kappa shape index (κ3) is 3.85. The van der Waals surface area contributed by atoms with E-state index in [9.17, 15) is 24.2 Å². The van der Waals surface area contributed by atoms with Crippen molar-refractivity contribution in [3.05, 3.63) is 58.9 Å². The number of hydrogen-bond donors (Lipinski definition) is 3. The van der Waals surface area contributed by atoms with Gasteiger partial charge in [0.15, 0.2) is 16.7 Å². The number of rotatable bonds is 6. The molecular weight excluding hydrogens is 447 g/mol. The van der Waals surface area contributed by atoms with E-state index in [1.165, 1.54) is 28.8 Å². The predicted octanol–water partition coefficient (Wildman–Crippen LogP) is 5.01. The Hall–Kier alpha value is -3.43. The van der Waals surface area contributed by atoms with Gasteiger partial charge >= 0.3 is 5.97 Å². The maximum absolute atomic E-state index is 13.5. The lowest BCUT2D eigenvalue weighted by Gasteiger charge is -2.09. The maximum atomic E-state index is 13.5. The summed E-state index contributed by atoms with van der Waals surface area (Å²) in [5.41, 5.74) is 0.729. The smallest absolute Gasteiger partial charge is 0.303 e. The highest BCUT2D eigenvalue weighted by molar-refractivity contribution is 7.20. The second-order valence-corrected chi connectivity index (χ2v) is 8.11. The number of fused-ring (bicyclic) bond motifs is 1. The first kappa shape index (κ1) is 20.8. The first-order valence-electron chi connectivity index (χ1n) is 9.00. The number of thiazole rings is 1. The van der Waals surface area contributed by atoms with Gasteiger partial charge in [-0.3, -0.25) is 14.2 Å². The summed E-state index contributed by atoms with van der Waals surface area (Å²) >= 11 is 7.19. The molecule has 10 heteroatoms. The highest BCUT2D eigenvalue weighted by atomic mass is 35.5. The molecule has 0 atom stereocenters. The summed E-state index contributed by atoms with van der Waals surface area (Å²) in [6, 6.07) is 10.1. The number of Topliss-reactive ketones (excluding diaryl/α,β-unsaturated/α-hetero) is 1. The largest absolute Gasteiger partial charge is 0.503 e. The summed E-state index contributed by atoms with van der Waals surface area (Å²) in [4.78, 5) is 28.1. The Morgan fingerprint density at radius 2 is 1.81 bits per heavy atom. The van der Waals surface area contributed by atoms with Crippen LogP contribution in [0.5, 0.6) is 11.6 Å². The van der Waals surface area contributed by atoms with Crippen LogP contribution in [0.15, 0.2) is 42.5 Å². The number of aromatic nitrogens is 2. The third-order valence-corrected chi connectivity index (χ3v) is 5.85. The normalized spacial score (nSPS) is 11.2. The third-order valence-electron chi connectivity index (χ3n) is 4.61. The van der Waals surface area contributed by atoms with Crippen LogP contribution >= 0.6 is 22.9 Å². The number of nitrogens with zero attached hydrogens (tertiary/aromatic N) is 2. The summed E-state index contributed by atoms with van der Waals surface area (Å²) in [6.07, 6.45) is -0.845. The van der Waals surface area contributed by atoms with E-state index < -0.39 is 42.0 Å². The standard InChI is InChI=1S/C21H14ClFN2O5S/c22-11-3-6-13-15(9-11)31-21(24-13)25-18(10-1-4-12(23)5-2-10)17(19(29)20(25)30)14(26)7-8-16(27)28/h1-6,9,29-30H,7-8H2,(H,27,28). The number of halogens is 2. The summed E-state index contributed by atoms with van der Waals surface area (Å²) in [6.45, 7) is 0. The second-order valence-electron chi connectivity index (χ2n) is 6.66. The second kappa shape index (κ2) is 8.01. The molecule has 3 N–H and O–H groups in total. The zero-order chi connectivity index (χ0) is 22.3. The van der Waals surface area contributed by atoms with E-state index in [-0.39, 0.29) is 16.4 Å². The monoisotopic (exact) mass is 460 g/mol. The first-order chi connectivity index (χ1) is 14.8. The van der Waals surface area contributed by atoms with Crippen molar-refractivity contribution in [2.75, 3.05) is 0 Å². The Kier molecular flexibility index (Phi) is 5.38. The number of carboxylic acids is 1. The number of ketones is 1. The fraction of sp³-hybridized carbons (Fsp3) is 0.0952. The van der Waals surface area contributed by atoms with E-state index in [0.29, 0.717) is 20.8 Å². The summed E-state index contributed by atoms with van der Waals surface area (Å²) < 4.78 is 15.4. The molecule has 2 aromatic heterocycles. The number of carbonyl (C=O) groups excluding carboxylic acids is 1. The van der Waals surface area contributed by atoms with Crippen molar-refractivity contribution in [2.45, 2.75) is 12.8 Å². The van der Waals surface area contributed by atoms with E-state index in [1.807, 2.05) is 0 Å². The Morgan fingerprint density at radius 1 is 1.10 bits per heavy atom. The molecule has 7 nitrogen and oxygen atoms in total. The molecule has 2 heterocycles. The van der Waals surface area contributed by atoms with Gasteiger partial charge in [-0.15, -0.1) is 0 Å². The van der Waals surface area contributed by atoms with Crippen LogP contribution in [-0.2, 0) is 4.79 Å². The van der Waals surface area contributed by atoms with Crippen molar-refractivity contribution in [3.63, 3.8) is 0 Å². The molecule has 0 aliphatic heterocycles. The summed E-state index contributed by atoms with van der Waals surface area (Å²) in [5, 5.41) is 30.9. The van der Waals surface area contributed by atoms with Crippen LogP contribution in [0.2, 0.25) is 5.02 Å². The average molecular weight is 461 g/mol. The molecule has 0 saturated heterocycles. The SMILES string of the molecule is O=C(O)CCC(=O)c1c(O)c(O)n(-c2nc3ccc(Cl)cc3s2)c1-c1ccc(F)cc1. The number of aromatic hydroxyl groups is 2. The van der Waals surface area contributed by atoms with Crippen LogP contribution in [0.1, 0.15) is 23.2 Å². The maximum Gasteiger partial charge on any atom is 0.303 e. The molecule has 0 saturated carbocycles. The Balaban J connectivity index is 1.97. The van der Waals surface area contributed by atoms with E-state index >= 15 is 0 Å². The van der Waals surface area contributed by atoms with Crippen LogP contribution in [0, 0.1) is 5.82 Å². The molecule has 0 fully saturated rings. The molecule has 0 spiro atoms. The van der Waals surface area contributed by atoms with Crippen LogP contribution in [-0.4, -0.2) is 36.6 Å². The van der Waals surface area contributed by atoms with E-state index in [2.05, 4.69) is 4.98 Å². The van der Waals surface area contributed by atoms with Crippen LogP contribution in [0.4, 0.5) is 4.39 Å². The Labute approximate surface area is 183 Å². The van der Waals surface area contributed by atoms with Crippen LogP contribution in [0.3, 0.4) is 0 Å². The number of benzene rings is 2. The molecule has 2 aromatic carbocycles. The minimum atomic E-state index is -1.18. The molecule has 158 valence electrons. The molecule has 0 unspecified atom stereocenters. The van der Waals surface area contributed by atoms with Crippen molar-refractivity contribution < 1.29 is 29.3 Å². The minimum Gasteiger partial charge on any atom is -0.503 e. The summed E-state index contributed by atoms with van der Waals surface area (Å²) in [5.74, 6) is -3.71. The highest BCUT2D eigenvalue weighted by Crippen LogP contribution is 2.45. The van der Waals surface area contributed by atoms with Gasteiger partial charge in [0, 0.05) is 11.4 Å². The molecule has 4 aromatic rings. The molecule has 0 radical (unpaired) electrons. The molecule has 0 aliphatic rings. The molecule has 0 bridgehead atoms. The van der Waals surface area contributed by atoms with Gasteiger partial charge in [0.1, 0.15) is 5.82 Å². The number of carboxylic acid groups (broad SMARTS) is 1. The lowest BCUT2D eigenvalue weighted by molar-refractivity contribution is -0.136. The van der Waals surface area contributed by atoms with Gasteiger partial charge in [-0.2, -0.15) is 0 Å². The van der Waals surface area contributed by atoms with Gasteiger partial charge in [-0.1, -0.05) is 22.9 Å². The molecule has 31 heavy (non-hydrogen) atoms. The van der Waals surface area contributed by atoms with Crippen molar-refractivity contribution in [2.24, 2.45) is 0 Å². The quantitative estimate of drug-likeness (QED) is 0.349. The first-order valence-corrected chi connectivity index (χ1v) is 10.2. The lowest BCUT2D eigenvalue weighted by atomic mass is 10.0. The van der Waals surface area contributed by atoms with Crippen molar-refractivity contribution in [1.29, 1.82) is 0 Å². The highest BCUT2D eigenvalue weighted by Gasteiger charge is 2.30. The minimum absolute atomic E-state index is 0.0792. The van der Waals surface area contributed by atoms with Gasteiger partial charge in [-0.05, 0) is 48.0 Å². The predicted molar refractivity (Wildman–Crippen MR) is 114 cm³/mol. The van der Waals surface area contributed by atoms with Gasteiger partial charge in [0.2, 0.25) is 5.88 Å². The topological polar surface area (TPSA) is 113 Å². The number of carbonyl (C=O) groups is 2. The van der Waals surface area contributed by atoms with Gasteiger partial charge < -0.3 is 15.3 Å².